The maximum Gasteiger partial charge on any atom is 0.137 e. The molecule has 0 saturated carbocycles. The number of ether oxygens (including phenoxy) is 2. The van der Waals surface area contributed by atoms with Crippen LogP contribution in [0.2, 0.25) is 0 Å². The molecule has 0 radical (unpaired) electrons. The fourth-order valence-electron chi connectivity index (χ4n) is 1.81. The molecule has 0 spiro atoms. The van der Waals surface area contributed by atoms with Crippen molar-refractivity contribution < 1.29 is 9.47 Å². The molecule has 3 heteroatoms. The molecule has 2 unspecified atom stereocenters. The highest BCUT2D eigenvalue weighted by molar-refractivity contribution is 5.15. The van der Waals surface area contributed by atoms with Crippen molar-refractivity contribution in [2.24, 2.45) is 5.92 Å². The quantitative estimate of drug-likeness (QED) is 0.664. The Labute approximate surface area is 96.8 Å². The van der Waals surface area contributed by atoms with Crippen LogP contribution in [-0.2, 0) is 4.74 Å². The van der Waals surface area contributed by atoms with E-state index in [1.165, 1.54) is 19.3 Å². The number of hydrogen-bond donors (Lipinski definition) is 0. The van der Waals surface area contributed by atoms with Gasteiger partial charge in [-0.05, 0) is 18.6 Å². The molecule has 1 aromatic heterocycles. The summed E-state index contributed by atoms with van der Waals surface area (Å²) in [6, 6.07) is 3.83. The first-order valence-electron chi connectivity index (χ1n) is 6.04. The van der Waals surface area contributed by atoms with E-state index in [4.69, 9.17) is 9.47 Å². The minimum Gasteiger partial charge on any atom is -0.492 e. The van der Waals surface area contributed by atoms with Gasteiger partial charge in [0.15, 0.2) is 0 Å². The lowest BCUT2D eigenvalue weighted by atomic mass is 10.00. The molecule has 1 fully saturated rings. The number of epoxide rings is 1. The second-order valence-corrected chi connectivity index (χ2v) is 4.27. The Kier molecular flexibility index (Phi) is 4.17. The summed E-state index contributed by atoms with van der Waals surface area (Å²) in [5.41, 5.74) is 0. The average Bonchev–Trinajstić information content (AvgIpc) is 3.15. The molecule has 0 aromatic carbocycles. The van der Waals surface area contributed by atoms with Gasteiger partial charge in [-0.15, -0.1) is 0 Å². The molecule has 0 aliphatic carbocycles. The predicted molar refractivity (Wildman–Crippen MR) is 62.5 cm³/mol. The van der Waals surface area contributed by atoms with E-state index in [1.807, 2.05) is 12.1 Å². The van der Waals surface area contributed by atoms with Gasteiger partial charge in [-0.2, -0.15) is 0 Å². The molecule has 1 saturated heterocycles. The number of aromatic nitrogens is 1. The number of unbranched alkanes of at least 4 members (excludes halogenated alkanes) is 1. The second kappa shape index (κ2) is 5.85. The third-order valence-electron chi connectivity index (χ3n) is 2.91. The Morgan fingerprint density at radius 3 is 3.12 bits per heavy atom. The molecular formula is C13H19NO2. The molecule has 0 amide bonds. The lowest BCUT2D eigenvalue weighted by Gasteiger charge is -2.14. The molecule has 1 aliphatic rings. The van der Waals surface area contributed by atoms with Gasteiger partial charge in [0.1, 0.15) is 5.75 Å². The van der Waals surface area contributed by atoms with Gasteiger partial charge in [0.05, 0.1) is 25.5 Å². The largest absolute Gasteiger partial charge is 0.492 e. The zero-order valence-electron chi connectivity index (χ0n) is 9.76. The van der Waals surface area contributed by atoms with Crippen molar-refractivity contribution in [1.29, 1.82) is 0 Å². The summed E-state index contributed by atoms with van der Waals surface area (Å²) in [5.74, 6) is 1.39. The first-order chi connectivity index (χ1) is 7.90. The van der Waals surface area contributed by atoms with E-state index >= 15 is 0 Å². The van der Waals surface area contributed by atoms with Gasteiger partial charge in [-0.3, -0.25) is 4.98 Å². The topological polar surface area (TPSA) is 34.6 Å². The number of rotatable bonds is 7. The minimum absolute atomic E-state index is 0.434. The Morgan fingerprint density at radius 1 is 1.62 bits per heavy atom. The number of hydrogen-bond acceptors (Lipinski definition) is 3. The monoisotopic (exact) mass is 221 g/mol. The Balaban J connectivity index is 1.77. The summed E-state index contributed by atoms with van der Waals surface area (Å²) in [6.07, 6.45) is 7.62. The van der Waals surface area contributed by atoms with Crippen LogP contribution in [0.15, 0.2) is 24.5 Å². The van der Waals surface area contributed by atoms with E-state index < -0.39 is 0 Å². The highest BCUT2D eigenvalue weighted by Gasteiger charge is 2.32. The van der Waals surface area contributed by atoms with Gasteiger partial charge >= 0.3 is 0 Å². The lowest BCUT2D eigenvalue weighted by Crippen LogP contribution is -2.18. The highest BCUT2D eigenvalue weighted by atomic mass is 16.6. The van der Waals surface area contributed by atoms with Gasteiger partial charge in [0.25, 0.3) is 0 Å². The smallest absolute Gasteiger partial charge is 0.137 e. The summed E-state index contributed by atoms with van der Waals surface area (Å²) in [5, 5.41) is 0. The molecule has 2 heterocycles. The van der Waals surface area contributed by atoms with Crippen LogP contribution >= 0.6 is 0 Å². The molecule has 2 rings (SSSR count). The third kappa shape index (κ3) is 3.49. The molecule has 2 atom stereocenters. The van der Waals surface area contributed by atoms with Gasteiger partial charge in [-0.25, -0.2) is 0 Å². The van der Waals surface area contributed by atoms with Crippen molar-refractivity contribution in [3.05, 3.63) is 24.5 Å². The molecule has 16 heavy (non-hydrogen) atoms. The zero-order valence-corrected chi connectivity index (χ0v) is 9.76. The third-order valence-corrected chi connectivity index (χ3v) is 2.91. The van der Waals surface area contributed by atoms with Crippen LogP contribution in [0.1, 0.15) is 26.2 Å². The van der Waals surface area contributed by atoms with Gasteiger partial charge < -0.3 is 9.47 Å². The van der Waals surface area contributed by atoms with Crippen LogP contribution in [0.5, 0.6) is 5.75 Å². The Hall–Kier alpha value is -1.09. The fourth-order valence-corrected chi connectivity index (χ4v) is 1.81. The summed E-state index contributed by atoms with van der Waals surface area (Å²) in [4.78, 5) is 4.03. The predicted octanol–water partition coefficient (Wildman–Crippen LogP) is 2.67. The first kappa shape index (κ1) is 11.4. The zero-order chi connectivity index (χ0) is 11.2. The van der Waals surface area contributed by atoms with Crippen molar-refractivity contribution in [2.75, 3.05) is 13.2 Å². The Morgan fingerprint density at radius 2 is 2.50 bits per heavy atom. The fraction of sp³-hybridized carbons (Fsp3) is 0.615. The molecule has 88 valence electrons. The first-order valence-corrected chi connectivity index (χ1v) is 6.04. The van der Waals surface area contributed by atoms with Crippen molar-refractivity contribution in [3.8, 4) is 5.75 Å². The molecular weight excluding hydrogens is 202 g/mol. The van der Waals surface area contributed by atoms with Gasteiger partial charge in [0, 0.05) is 12.1 Å². The molecule has 0 N–H and O–H groups in total. The van der Waals surface area contributed by atoms with Crippen molar-refractivity contribution in [2.45, 2.75) is 32.3 Å². The van der Waals surface area contributed by atoms with E-state index in [1.54, 1.807) is 12.4 Å². The minimum atomic E-state index is 0.434. The molecule has 1 aromatic rings. The van der Waals surface area contributed by atoms with Crippen LogP contribution in [0, 0.1) is 5.92 Å². The molecule has 3 nitrogen and oxygen atoms in total. The summed E-state index contributed by atoms with van der Waals surface area (Å²) >= 11 is 0. The maximum absolute atomic E-state index is 5.72. The Bertz CT molecular complexity index is 298. The van der Waals surface area contributed by atoms with Crippen LogP contribution in [0.4, 0.5) is 0 Å². The van der Waals surface area contributed by atoms with E-state index in [0.717, 1.165) is 19.0 Å². The standard InChI is InChI=1S/C13H19NO2/c1-2-3-5-11(13-10-16-13)9-15-12-6-4-7-14-8-12/h4,6-8,11,13H,2-3,5,9-10H2,1H3. The van der Waals surface area contributed by atoms with Crippen LogP contribution in [-0.4, -0.2) is 24.3 Å². The van der Waals surface area contributed by atoms with E-state index in [0.29, 0.717) is 12.0 Å². The van der Waals surface area contributed by atoms with Gasteiger partial charge in [0.2, 0.25) is 0 Å². The van der Waals surface area contributed by atoms with Gasteiger partial charge in [-0.1, -0.05) is 19.8 Å². The van der Waals surface area contributed by atoms with Crippen molar-refractivity contribution in [3.63, 3.8) is 0 Å². The van der Waals surface area contributed by atoms with E-state index in [-0.39, 0.29) is 0 Å². The lowest BCUT2D eigenvalue weighted by molar-refractivity contribution is 0.199. The summed E-state index contributed by atoms with van der Waals surface area (Å²) in [6.45, 7) is 3.87. The normalized spacial score (nSPS) is 20.4. The second-order valence-electron chi connectivity index (χ2n) is 4.27. The van der Waals surface area contributed by atoms with Crippen LogP contribution < -0.4 is 4.74 Å². The summed E-state index contributed by atoms with van der Waals surface area (Å²) < 4.78 is 11.1. The number of pyridine rings is 1. The van der Waals surface area contributed by atoms with Crippen LogP contribution in [0.3, 0.4) is 0 Å². The average molecular weight is 221 g/mol. The molecule has 1 aliphatic heterocycles. The molecule has 0 bridgehead atoms. The van der Waals surface area contributed by atoms with Crippen molar-refractivity contribution >= 4 is 0 Å². The SMILES string of the molecule is CCCCC(COc1cccnc1)C1CO1. The van der Waals surface area contributed by atoms with Crippen LogP contribution in [0.25, 0.3) is 0 Å². The number of nitrogens with zero attached hydrogens (tertiary/aromatic N) is 1. The maximum atomic E-state index is 5.72. The highest BCUT2D eigenvalue weighted by Crippen LogP contribution is 2.25. The van der Waals surface area contributed by atoms with E-state index in [9.17, 15) is 0 Å². The summed E-state index contributed by atoms with van der Waals surface area (Å²) in [7, 11) is 0. The van der Waals surface area contributed by atoms with Crippen molar-refractivity contribution in [1.82, 2.24) is 4.98 Å². The van der Waals surface area contributed by atoms with E-state index in [2.05, 4.69) is 11.9 Å².